The van der Waals surface area contributed by atoms with Gasteiger partial charge in [0.2, 0.25) is 9.84 Å². The first kappa shape index (κ1) is 19.6. The molecule has 1 aromatic heterocycles. The summed E-state index contributed by atoms with van der Waals surface area (Å²) in [6.07, 6.45) is 5.40. The van der Waals surface area contributed by atoms with E-state index in [4.69, 9.17) is 4.74 Å². The van der Waals surface area contributed by atoms with Gasteiger partial charge in [-0.05, 0) is 13.3 Å². The van der Waals surface area contributed by atoms with Crippen LogP contribution in [0.3, 0.4) is 0 Å². The fraction of sp³-hybridized carbons (Fsp3) is 0.786. The smallest absolute Gasteiger partial charge is 0.346 e. The number of rotatable bonds is 10. The summed E-state index contributed by atoms with van der Waals surface area (Å²) in [7, 11) is -2.21. The molecule has 0 atom stereocenters. The summed E-state index contributed by atoms with van der Waals surface area (Å²) in [5, 5.41) is 3.48. The summed E-state index contributed by atoms with van der Waals surface area (Å²) in [5.41, 5.74) is 0. The van der Waals surface area contributed by atoms with Crippen molar-refractivity contribution < 1.29 is 17.9 Å². The molecule has 8 nitrogen and oxygen atoms in total. The zero-order valence-corrected chi connectivity index (χ0v) is 14.9. The van der Waals surface area contributed by atoms with Crippen LogP contribution in [-0.2, 0) is 14.6 Å². The number of aromatic nitrogens is 3. The Morgan fingerprint density at radius 3 is 2.65 bits per heavy atom. The number of methoxy groups -OCH3 is 1. The molecule has 0 aliphatic rings. The molecule has 0 saturated carbocycles. The number of carbonyl (C=O) groups is 1. The molecule has 132 valence electrons. The van der Waals surface area contributed by atoms with Crippen molar-refractivity contribution in [2.24, 2.45) is 0 Å². The highest BCUT2D eigenvalue weighted by molar-refractivity contribution is 7.91. The molecule has 23 heavy (non-hydrogen) atoms. The maximum absolute atomic E-state index is 12.4. The number of sulfone groups is 1. The van der Waals surface area contributed by atoms with E-state index < -0.39 is 9.84 Å². The molecule has 0 saturated heterocycles. The summed E-state index contributed by atoms with van der Waals surface area (Å²) < 4.78 is 29.7. The highest BCUT2D eigenvalue weighted by atomic mass is 32.2. The SMILES string of the molecule is CCCCCCN(CC)C(=O)n1cnc(S(=O)(=O)CCOC)n1. The minimum Gasteiger partial charge on any atom is -0.384 e. The van der Waals surface area contributed by atoms with Gasteiger partial charge >= 0.3 is 6.03 Å². The van der Waals surface area contributed by atoms with Crippen LogP contribution in [0.1, 0.15) is 39.5 Å². The quantitative estimate of drug-likeness (QED) is 0.597. The van der Waals surface area contributed by atoms with E-state index in [-0.39, 0.29) is 23.5 Å². The van der Waals surface area contributed by atoms with Crippen molar-refractivity contribution in [3.8, 4) is 0 Å². The molecule has 0 N–H and O–H groups in total. The lowest BCUT2D eigenvalue weighted by Crippen LogP contribution is -2.35. The fourth-order valence-electron chi connectivity index (χ4n) is 2.03. The molecule has 9 heteroatoms. The molecular weight excluding hydrogens is 320 g/mol. The Bertz CT molecular complexity index is 585. The summed E-state index contributed by atoms with van der Waals surface area (Å²) >= 11 is 0. The second-order valence-corrected chi connectivity index (χ2v) is 7.21. The van der Waals surface area contributed by atoms with Crippen molar-refractivity contribution in [2.45, 2.75) is 44.7 Å². The number of nitrogens with zero attached hydrogens (tertiary/aromatic N) is 4. The molecule has 1 heterocycles. The molecule has 1 aromatic rings. The number of amides is 1. The van der Waals surface area contributed by atoms with Crippen LogP contribution in [0.25, 0.3) is 0 Å². The first-order chi connectivity index (χ1) is 11.0. The topological polar surface area (TPSA) is 94.4 Å². The third-order valence-corrected chi connectivity index (χ3v) is 4.88. The van der Waals surface area contributed by atoms with Crippen LogP contribution in [0.4, 0.5) is 4.79 Å². The fourth-order valence-corrected chi connectivity index (χ4v) is 3.02. The maximum atomic E-state index is 12.4. The first-order valence-electron chi connectivity index (χ1n) is 7.88. The molecular formula is C14H26N4O4S. The van der Waals surface area contributed by atoms with Gasteiger partial charge in [0.05, 0.1) is 12.4 Å². The molecule has 0 bridgehead atoms. The standard InChI is InChI=1S/C14H26N4O4S/c1-4-6-7-8-9-17(5-2)14(19)18-12-15-13(16-18)23(20,21)11-10-22-3/h12H,4-11H2,1-3H3. The van der Waals surface area contributed by atoms with Crippen LogP contribution in [-0.4, -0.2) is 66.7 Å². The van der Waals surface area contributed by atoms with Gasteiger partial charge in [-0.2, -0.15) is 4.68 Å². The Labute approximate surface area is 137 Å². The van der Waals surface area contributed by atoms with Crippen LogP contribution >= 0.6 is 0 Å². The van der Waals surface area contributed by atoms with E-state index in [0.29, 0.717) is 13.1 Å². The third kappa shape index (κ3) is 5.91. The lowest BCUT2D eigenvalue weighted by atomic mass is 10.2. The van der Waals surface area contributed by atoms with E-state index >= 15 is 0 Å². The highest BCUT2D eigenvalue weighted by Crippen LogP contribution is 2.07. The average Bonchev–Trinajstić information content (AvgIpc) is 3.03. The molecule has 1 amide bonds. The zero-order chi connectivity index (χ0) is 17.3. The van der Waals surface area contributed by atoms with Gasteiger partial charge in [-0.3, -0.25) is 0 Å². The molecule has 0 unspecified atom stereocenters. The average molecular weight is 346 g/mol. The predicted molar refractivity (Wildman–Crippen MR) is 86.1 cm³/mol. The predicted octanol–water partition coefficient (Wildman–Crippen LogP) is 1.57. The number of carbonyl (C=O) groups excluding carboxylic acids is 1. The van der Waals surface area contributed by atoms with E-state index in [1.165, 1.54) is 7.11 Å². The van der Waals surface area contributed by atoms with Crippen LogP contribution < -0.4 is 0 Å². The molecule has 0 radical (unpaired) electrons. The summed E-state index contributed by atoms with van der Waals surface area (Å²) in [6.45, 7) is 5.23. The number of unbranched alkanes of at least 4 members (excludes halogenated alkanes) is 3. The monoisotopic (exact) mass is 346 g/mol. The summed E-state index contributed by atoms with van der Waals surface area (Å²) in [6, 6.07) is -0.357. The van der Waals surface area contributed by atoms with Crippen molar-refractivity contribution in [1.29, 1.82) is 0 Å². The van der Waals surface area contributed by atoms with E-state index in [1.54, 1.807) is 4.90 Å². The summed E-state index contributed by atoms with van der Waals surface area (Å²) in [4.78, 5) is 17.7. The van der Waals surface area contributed by atoms with Gasteiger partial charge in [0, 0.05) is 20.2 Å². The first-order valence-corrected chi connectivity index (χ1v) is 9.54. The van der Waals surface area contributed by atoms with Crippen molar-refractivity contribution in [1.82, 2.24) is 19.7 Å². The van der Waals surface area contributed by atoms with Crippen LogP contribution in [0, 0.1) is 0 Å². The third-order valence-electron chi connectivity index (χ3n) is 3.43. The van der Waals surface area contributed by atoms with Crippen LogP contribution in [0.5, 0.6) is 0 Å². The minimum atomic E-state index is -3.63. The van der Waals surface area contributed by atoms with E-state index in [0.717, 1.165) is 36.7 Å². The minimum absolute atomic E-state index is 0.0589. The zero-order valence-electron chi connectivity index (χ0n) is 14.1. The van der Waals surface area contributed by atoms with Gasteiger partial charge in [-0.15, -0.1) is 5.10 Å². The Morgan fingerprint density at radius 2 is 2.04 bits per heavy atom. The number of hydrogen-bond acceptors (Lipinski definition) is 6. The van der Waals surface area contributed by atoms with Crippen LogP contribution in [0.2, 0.25) is 0 Å². The van der Waals surface area contributed by atoms with E-state index in [2.05, 4.69) is 17.0 Å². The Hall–Kier alpha value is -1.48. The van der Waals surface area contributed by atoms with Gasteiger partial charge in [0.15, 0.2) is 0 Å². The van der Waals surface area contributed by atoms with Gasteiger partial charge in [-0.1, -0.05) is 26.2 Å². The maximum Gasteiger partial charge on any atom is 0.346 e. The van der Waals surface area contributed by atoms with Gasteiger partial charge in [0.1, 0.15) is 6.33 Å². The molecule has 0 aliphatic carbocycles. The molecule has 1 rings (SSSR count). The number of ether oxygens (including phenoxy) is 1. The highest BCUT2D eigenvalue weighted by Gasteiger charge is 2.22. The normalized spacial score (nSPS) is 11.6. The van der Waals surface area contributed by atoms with Crippen molar-refractivity contribution in [2.75, 3.05) is 32.6 Å². The van der Waals surface area contributed by atoms with Gasteiger partial charge in [-0.25, -0.2) is 18.2 Å². The Kier molecular flexibility index (Phi) is 8.18. The lowest BCUT2D eigenvalue weighted by Gasteiger charge is -2.19. The van der Waals surface area contributed by atoms with Crippen molar-refractivity contribution in [3.63, 3.8) is 0 Å². The molecule has 0 fully saturated rings. The summed E-state index contributed by atoms with van der Waals surface area (Å²) in [5.74, 6) is -0.212. The second kappa shape index (κ2) is 9.61. The van der Waals surface area contributed by atoms with E-state index in [9.17, 15) is 13.2 Å². The van der Waals surface area contributed by atoms with E-state index in [1.807, 2.05) is 6.92 Å². The second-order valence-electron chi connectivity index (χ2n) is 5.21. The number of hydrogen-bond donors (Lipinski definition) is 0. The molecule has 0 spiro atoms. The van der Waals surface area contributed by atoms with Crippen molar-refractivity contribution in [3.05, 3.63) is 6.33 Å². The Morgan fingerprint density at radius 1 is 1.30 bits per heavy atom. The van der Waals surface area contributed by atoms with Gasteiger partial charge < -0.3 is 9.64 Å². The Balaban J connectivity index is 2.72. The molecule has 0 aliphatic heterocycles. The van der Waals surface area contributed by atoms with Crippen LogP contribution in [0.15, 0.2) is 11.5 Å². The largest absolute Gasteiger partial charge is 0.384 e. The van der Waals surface area contributed by atoms with Crippen molar-refractivity contribution >= 4 is 15.9 Å². The lowest BCUT2D eigenvalue weighted by molar-refractivity contribution is 0.197. The van der Waals surface area contributed by atoms with Gasteiger partial charge in [0.25, 0.3) is 5.16 Å². The molecule has 0 aromatic carbocycles.